The molecule has 3 heterocycles. The molecule has 150 valence electrons. The predicted octanol–water partition coefficient (Wildman–Crippen LogP) is 2.36. The number of carbonyl (C=O) groups is 2. The van der Waals surface area contributed by atoms with Gasteiger partial charge in [-0.15, -0.1) is 16.4 Å². The molecule has 1 atom stereocenters. The van der Waals surface area contributed by atoms with E-state index in [9.17, 15) is 9.59 Å². The number of rotatable bonds is 8. The first-order valence-corrected chi connectivity index (χ1v) is 10.6. The minimum atomic E-state index is -0.250. The number of amides is 2. The SMILES string of the molecule is O=C(NCC1CC(=O)N(Cc2cccs2)C1)c1cn(CCc2ccccc2)nn1. The molecule has 0 bridgehead atoms. The number of benzene rings is 1. The summed E-state index contributed by atoms with van der Waals surface area (Å²) in [7, 11) is 0. The summed E-state index contributed by atoms with van der Waals surface area (Å²) in [5.74, 6) is 0.0177. The van der Waals surface area contributed by atoms with E-state index in [1.54, 1.807) is 22.2 Å². The lowest BCUT2D eigenvalue weighted by atomic mass is 10.1. The van der Waals surface area contributed by atoms with Crippen LogP contribution in [0.25, 0.3) is 0 Å². The maximum atomic E-state index is 12.4. The summed E-state index contributed by atoms with van der Waals surface area (Å²) >= 11 is 1.65. The van der Waals surface area contributed by atoms with Crippen LogP contribution in [-0.4, -0.2) is 44.8 Å². The Labute approximate surface area is 173 Å². The molecule has 1 saturated heterocycles. The Kier molecular flexibility index (Phi) is 6.00. The molecule has 0 spiro atoms. The summed E-state index contributed by atoms with van der Waals surface area (Å²) in [6, 6.07) is 14.2. The van der Waals surface area contributed by atoms with E-state index >= 15 is 0 Å². The smallest absolute Gasteiger partial charge is 0.273 e. The van der Waals surface area contributed by atoms with Gasteiger partial charge in [-0.3, -0.25) is 14.3 Å². The zero-order chi connectivity index (χ0) is 20.1. The molecule has 4 rings (SSSR count). The Balaban J connectivity index is 1.24. The van der Waals surface area contributed by atoms with Gasteiger partial charge in [0.15, 0.2) is 5.69 Å². The highest BCUT2D eigenvalue weighted by Crippen LogP contribution is 2.21. The fourth-order valence-corrected chi connectivity index (χ4v) is 4.18. The molecular weight excluding hydrogens is 386 g/mol. The predicted molar refractivity (Wildman–Crippen MR) is 110 cm³/mol. The van der Waals surface area contributed by atoms with E-state index in [0.717, 1.165) is 6.42 Å². The molecule has 8 heteroatoms. The van der Waals surface area contributed by atoms with Crippen LogP contribution in [0.15, 0.2) is 54.0 Å². The summed E-state index contributed by atoms with van der Waals surface area (Å²) < 4.78 is 1.68. The van der Waals surface area contributed by atoms with Crippen LogP contribution in [0, 0.1) is 5.92 Å². The molecule has 1 aliphatic rings. The summed E-state index contributed by atoms with van der Waals surface area (Å²) in [6.07, 6.45) is 2.96. The molecule has 29 heavy (non-hydrogen) atoms. The fourth-order valence-electron chi connectivity index (χ4n) is 3.46. The van der Waals surface area contributed by atoms with Crippen molar-refractivity contribution in [1.29, 1.82) is 0 Å². The Morgan fingerprint density at radius 2 is 2.07 bits per heavy atom. The number of nitrogens with one attached hydrogen (secondary N) is 1. The normalized spacial score (nSPS) is 16.3. The van der Waals surface area contributed by atoms with Crippen molar-refractivity contribution in [3.05, 3.63) is 70.2 Å². The van der Waals surface area contributed by atoms with E-state index in [1.165, 1.54) is 10.4 Å². The lowest BCUT2D eigenvalue weighted by molar-refractivity contribution is -0.128. The molecule has 3 aromatic rings. The molecular formula is C21H23N5O2S. The lowest BCUT2D eigenvalue weighted by Gasteiger charge is -2.15. The summed E-state index contributed by atoms with van der Waals surface area (Å²) in [5.41, 5.74) is 1.52. The van der Waals surface area contributed by atoms with Gasteiger partial charge in [0.2, 0.25) is 5.91 Å². The molecule has 0 saturated carbocycles. The number of thiophene rings is 1. The minimum Gasteiger partial charge on any atom is -0.350 e. The van der Waals surface area contributed by atoms with Crippen LogP contribution in [0.5, 0.6) is 0 Å². The quantitative estimate of drug-likeness (QED) is 0.619. The molecule has 1 unspecified atom stereocenters. The molecule has 2 aromatic heterocycles. The van der Waals surface area contributed by atoms with Gasteiger partial charge in [0.1, 0.15) is 0 Å². The average molecular weight is 410 g/mol. The van der Waals surface area contributed by atoms with Crippen molar-refractivity contribution in [3.8, 4) is 0 Å². The first-order chi connectivity index (χ1) is 14.2. The van der Waals surface area contributed by atoms with Gasteiger partial charge in [-0.05, 0) is 23.4 Å². The van der Waals surface area contributed by atoms with E-state index in [0.29, 0.717) is 38.3 Å². The van der Waals surface area contributed by atoms with Crippen molar-refractivity contribution in [2.75, 3.05) is 13.1 Å². The third kappa shape index (κ3) is 5.08. The second-order valence-corrected chi connectivity index (χ2v) is 8.27. The van der Waals surface area contributed by atoms with Crippen molar-refractivity contribution >= 4 is 23.2 Å². The van der Waals surface area contributed by atoms with E-state index in [2.05, 4.69) is 27.8 Å². The van der Waals surface area contributed by atoms with Gasteiger partial charge in [-0.25, -0.2) is 0 Å². The Bertz CT molecular complexity index is 955. The monoisotopic (exact) mass is 409 g/mol. The van der Waals surface area contributed by atoms with Gasteiger partial charge >= 0.3 is 0 Å². The molecule has 7 nitrogen and oxygen atoms in total. The highest BCUT2D eigenvalue weighted by molar-refractivity contribution is 7.09. The number of likely N-dealkylation sites (tertiary alicyclic amines) is 1. The van der Waals surface area contributed by atoms with Crippen LogP contribution in [-0.2, 0) is 24.3 Å². The van der Waals surface area contributed by atoms with Crippen molar-refractivity contribution in [2.45, 2.75) is 25.9 Å². The number of aryl methyl sites for hydroxylation is 2. The molecule has 1 fully saturated rings. The molecule has 0 aliphatic carbocycles. The molecule has 1 aliphatic heterocycles. The average Bonchev–Trinajstić information content (AvgIpc) is 3.48. The highest BCUT2D eigenvalue weighted by Gasteiger charge is 2.30. The van der Waals surface area contributed by atoms with Gasteiger partial charge in [0.25, 0.3) is 5.91 Å². The van der Waals surface area contributed by atoms with Crippen LogP contribution < -0.4 is 5.32 Å². The summed E-state index contributed by atoms with van der Waals surface area (Å²) in [6.45, 7) is 2.44. The lowest BCUT2D eigenvalue weighted by Crippen LogP contribution is -2.31. The summed E-state index contributed by atoms with van der Waals surface area (Å²) in [5, 5.41) is 12.9. The number of hydrogen-bond donors (Lipinski definition) is 1. The second kappa shape index (κ2) is 9.00. The number of nitrogens with zero attached hydrogens (tertiary/aromatic N) is 4. The molecule has 1 N–H and O–H groups in total. The standard InChI is InChI=1S/C21H23N5O2S/c27-20-11-17(13-25(20)14-18-7-4-10-29-18)12-22-21(28)19-15-26(24-23-19)9-8-16-5-2-1-3-6-16/h1-7,10,15,17H,8-9,11-14H2,(H,22,28). The van der Waals surface area contributed by atoms with Crippen LogP contribution in [0.2, 0.25) is 0 Å². The number of hydrogen-bond acceptors (Lipinski definition) is 5. The number of carbonyl (C=O) groups excluding carboxylic acids is 2. The van der Waals surface area contributed by atoms with Gasteiger partial charge in [0.05, 0.1) is 12.7 Å². The van der Waals surface area contributed by atoms with E-state index in [4.69, 9.17) is 0 Å². The highest BCUT2D eigenvalue weighted by atomic mass is 32.1. The second-order valence-electron chi connectivity index (χ2n) is 7.24. The first kappa shape index (κ1) is 19.3. The third-order valence-electron chi connectivity index (χ3n) is 5.02. The fraction of sp³-hybridized carbons (Fsp3) is 0.333. The van der Waals surface area contributed by atoms with Crippen molar-refractivity contribution in [2.24, 2.45) is 5.92 Å². The summed E-state index contributed by atoms with van der Waals surface area (Å²) in [4.78, 5) is 27.6. The van der Waals surface area contributed by atoms with Crippen LogP contribution in [0.3, 0.4) is 0 Å². The molecule has 1 aromatic carbocycles. The van der Waals surface area contributed by atoms with Gasteiger partial charge in [0, 0.05) is 36.9 Å². The zero-order valence-electron chi connectivity index (χ0n) is 16.0. The van der Waals surface area contributed by atoms with Crippen molar-refractivity contribution < 1.29 is 9.59 Å². The van der Waals surface area contributed by atoms with Crippen LogP contribution in [0.4, 0.5) is 0 Å². The van der Waals surface area contributed by atoms with Gasteiger partial charge in [-0.1, -0.05) is 41.6 Å². The van der Waals surface area contributed by atoms with Crippen molar-refractivity contribution in [3.63, 3.8) is 0 Å². The van der Waals surface area contributed by atoms with E-state index in [-0.39, 0.29) is 17.7 Å². The van der Waals surface area contributed by atoms with Crippen molar-refractivity contribution in [1.82, 2.24) is 25.2 Å². The minimum absolute atomic E-state index is 0.125. The zero-order valence-corrected chi connectivity index (χ0v) is 16.8. The van der Waals surface area contributed by atoms with Gasteiger partial charge < -0.3 is 10.2 Å². The largest absolute Gasteiger partial charge is 0.350 e. The molecule has 2 amide bonds. The van der Waals surface area contributed by atoms with Crippen LogP contribution >= 0.6 is 11.3 Å². The van der Waals surface area contributed by atoms with Crippen LogP contribution in [0.1, 0.15) is 27.3 Å². The van der Waals surface area contributed by atoms with E-state index in [1.807, 2.05) is 40.6 Å². The van der Waals surface area contributed by atoms with E-state index < -0.39 is 0 Å². The molecule has 0 radical (unpaired) electrons. The third-order valence-corrected chi connectivity index (χ3v) is 5.88. The Morgan fingerprint density at radius 3 is 2.86 bits per heavy atom. The maximum absolute atomic E-state index is 12.4. The maximum Gasteiger partial charge on any atom is 0.273 e. The first-order valence-electron chi connectivity index (χ1n) is 9.70. The topological polar surface area (TPSA) is 80.1 Å². The Morgan fingerprint density at radius 1 is 1.21 bits per heavy atom. The number of aromatic nitrogens is 3. The van der Waals surface area contributed by atoms with Gasteiger partial charge in [-0.2, -0.15) is 0 Å². The Hall–Kier alpha value is -3.00.